The number of nitrogens with zero attached hydrogens (tertiary/aromatic N) is 2. The minimum Gasteiger partial charge on any atom is -0.352 e. The molecular formula is C16H21N3O3S2. The monoisotopic (exact) mass is 367 g/mol. The van der Waals surface area contributed by atoms with Crippen molar-refractivity contribution in [3.05, 3.63) is 41.9 Å². The van der Waals surface area contributed by atoms with Crippen LogP contribution in [-0.2, 0) is 14.8 Å². The molecule has 1 unspecified atom stereocenters. The van der Waals surface area contributed by atoms with E-state index in [1.54, 1.807) is 23.6 Å². The zero-order valence-corrected chi connectivity index (χ0v) is 15.5. The first-order chi connectivity index (χ1) is 11.3. The smallest absolute Gasteiger partial charge is 0.266 e. The highest BCUT2D eigenvalue weighted by Crippen LogP contribution is 2.25. The number of carbonyl (C=O) groups is 1. The summed E-state index contributed by atoms with van der Waals surface area (Å²) in [6.45, 7) is 5.57. The maximum Gasteiger partial charge on any atom is 0.266 e. The Morgan fingerprint density at radius 1 is 1.25 bits per heavy atom. The molecule has 1 N–H and O–H groups in total. The number of sulfonamides is 1. The van der Waals surface area contributed by atoms with Gasteiger partial charge < -0.3 is 5.32 Å². The molecule has 1 atom stereocenters. The number of hydrogen-bond acceptors (Lipinski definition) is 5. The van der Waals surface area contributed by atoms with E-state index in [-0.39, 0.29) is 34.4 Å². The van der Waals surface area contributed by atoms with Gasteiger partial charge in [0.2, 0.25) is 5.91 Å². The van der Waals surface area contributed by atoms with E-state index in [9.17, 15) is 13.2 Å². The number of aromatic nitrogens is 1. The van der Waals surface area contributed by atoms with E-state index < -0.39 is 10.0 Å². The van der Waals surface area contributed by atoms with Crippen molar-refractivity contribution in [2.45, 2.75) is 31.7 Å². The molecule has 1 aromatic carbocycles. The van der Waals surface area contributed by atoms with E-state index >= 15 is 0 Å². The van der Waals surface area contributed by atoms with Crippen LogP contribution in [0, 0.1) is 5.92 Å². The number of amides is 1. The second kappa shape index (κ2) is 7.76. The molecule has 24 heavy (non-hydrogen) atoms. The molecule has 1 heterocycles. The third-order valence-electron chi connectivity index (χ3n) is 3.64. The molecule has 2 rings (SSSR count). The summed E-state index contributed by atoms with van der Waals surface area (Å²) in [5, 5.41) is 4.77. The molecule has 0 aliphatic rings. The summed E-state index contributed by atoms with van der Waals surface area (Å²) in [5.41, 5.74) is 0. The maximum absolute atomic E-state index is 12.9. The molecule has 0 saturated carbocycles. The Morgan fingerprint density at radius 3 is 2.46 bits per heavy atom. The van der Waals surface area contributed by atoms with Crippen LogP contribution in [0.4, 0.5) is 5.13 Å². The molecule has 0 aliphatic heterocycles. The average molecular weight is 367 g/mol. The molecule has 1 amide bonds. The van der Waals surface area contributed by atoms with Gasteiger partial charge in [0.1, 0.15) is 6.54 Å². The Balaban J connectivity index is 2.29. The van der Waals surface area contributed by atoms with Gasteiger partial charge in [-0.05, 0) is 25.0 Å². The summed E-state index contributed by atoms with van der Waals surface area (Å²) in [6, 6.07) is 8.00. The van der Waals surface area contributed by atoms with Crippen LogP contribution in [0.25, 0.3) is 0 Å². The van der Waals surface area contributed by atoms with Crippen molar-refractivity contribution in [3.63, 3.8) is 0 Å². The second-order valence-corrected chi connectivity index (χ2v) is 8.47. The SMILES string of the molecule is CC(C)C(C)NC(=O)CN(c1nccs1)S(=O)(=O)c1ccccc1. The standard InChI is InChI=1S/C16H21N3O3S2/c1-12(2)13(3)18-15(20)11-19(16-17-9-10-23-16)24(21,22)14-7-5-4-6-8-14/h4-10,12-13H,11H2,1-3H3,(H,18,20). The lowest BCUT2D eigenvalue weighted by Crippen LogP contribution is -2.44. The molecule has 0 aliphatic carbocycles. The first-order valence-electron chi connectivity index (χ1n) is 7.59. The van der Waals surface area contributed by atoms with Crippen molar-refractivity contribution < 1.29 is 13.2 Å². The van der Waals surface area contributed by atoms with E-state index in [1.807, 2.05) is 20.8 Å². The van der Waals surface area contributed by atoms with Crippen LogP contribution in [0.3, 0.4) is 0 Å². The fourth-order valence-corrected chi connectivity index (χ4v) is 4.18. The molecule has 130 valence electrons. The fourth-order valence-electron chi connectivity index (χ4n) is 1.91. The molecule has 6 nitrogen and oxygen atoms in total. The molecule has 0 fully saturated rings. The van der Waals surface area contributed by atoms with Crippen LogP contribution in [0.2, 0.25) is 0 Å². The van der Waals surface area contributed by atoms with Crippen molar-refractivity contribution in [3.8, 4) is 0 Å². The van der Waals surface area contributed by atoms with Crippen molar-refractivity contribution in [1.82, 2.24) is 10.3 Å². The Labute approximate surface area is 146 Å². The second-order valence-electron chi connectivity index (χ2n) is 5.74. The van der Waals surface area contributed by atoms with Crippen LogP contribution in [0.1, 0.15) is 20.8 Å². The lowest BCUT2D eigenvalue weighted by Gasteiger charge is -2.23. The summed E-state index contributed by atoms with van der Waals surface area (Å²) < 4.78 is 26.8. The van der Waals surface area contributed by atoms with Crippen LogP contribution >= 0.6 is 11.3 Å². The summed E-state index contributed by atoms with van der Waals surface area (Å²) in [6.07, 6.45) is 1.52. The van der Waals surface area contributed by atoms with Gasteiger partial charge in [0.15, 0.2) is 5.13 Å². The molecule has 0 spiro atoms. The normalized spacial score (nSPS) is 12.8. The maximum atomic E-state index is 12.9. The molecular weight excluding hydrogens is 346 g/mol. The van der Waals surface area contributed by atoms with Crippen molar-refractivity contribution in [1.29, 1.82) is 0 Å². The molecule has 2 aromatic rings. The first-order valence-corrected chi connectivity index (χ1v) is 9.91. The van der Waals surface area contributed by atoms with Gasteiger partial charge in [0.25, 0.3) is 10.0 Å². The van der Waals surface area contributed by atoms with Crippen molar-refractivity contribution in [2.75, 3.05) is 10.8 Å². The van der Waals surface area contributed by atoms with E-state index in [4.69, 9.17) is 0 Å². The highest BCUT2D eigenvalue weighted by Gasteiger charge is 2.29. The molecule has 8 heteroatoms. The van der Waals surface area contributed by atoms with Gasteiger partial charge in [-0.25, -0.2) is 17.7 Å². The molecule has 0 radical (unpaired) electrons. The van der Waals surface area contributed by atoms with Crippen LogP contribution < -0.4 is 9.62 Å². The van der Waals surface area contributed by atoms with Crippen molar-refractivity contribution >= 4 is 32.4 Å². The van der Waals surface area contributed by atoms with Crippen LogP contribution in [-0.4, -0.2) is 31.9 Å². The number of thiazole rings is 1. The number of rotatable bonds is 7. The topological polar surface area (TPSA) is 79.4 Å². The summed E-state index contributed by atoms with van der Waals surface area (Å²) in [7, 11) is -3.85. The van der Waals surface area contributed by atoms with Gasteiger partial charge in [-0.1, -0.05) is 32.0 Å². The van der Waals surface area contributed by atoms with Crippen molar-refractivity contribution in [2.24, 2.45) is 5.92 Å². The fraction of sp³-hybridized carbons (Fsp3) is 0.375. The van der Waals surface area contributed by atoms with E-state index in [0.717, 1.165) is 4.31 Å². The quantitative estimate of drug-likeness (QED) is 0.815. The zero-order valence-electron chi connectivity index (χ0n) is 13.8. The van der Waals surface area contributed by atoms with E-state index in [2.05, 4.69) is 10.3 Å². The van der Waals surface area contributed by atoms with Gasteiger partial charge in [-0.15, -0.1) is 11.3 Å². The van der Waals surface area contributed by atoms with Gasteiger partial charge in [-0.3, -0.25) is 4.79 Å². The Kier molecular flexibility index (Phi) is 5.95. The predicted molar refractivity (Wildman–Crippen MR) is 95.5 cm³/mol. The largest absolute Gasteiger partial charge is 0.352 e. The number of nitrogens with one attached hydrogen (secondary N) is 1. The minimum atomic E-state index is -3.85. The molecule has 0 saturated heterocycles. The number of carbonyl (C=O) groups excluding carboxylic acids is 1. The number of anilines is 1. The van der Waals surface area contributed by atoms with Crippen LogP contribution in [0.15, 0.2) is 46.8 Å². The predicted octanol–water partition coefficient (Wildman–Crippen LogP) is 2.50. The first kappa shape index (κ1) is 18.4. The molecule has 0 bridgehead atoms. The Bertz CT molecular complexity index is 759. The third kappa shape index (κ3) is 4.33. The van der Waals surface area contributed by atoms with Gasteiger partial charge >= 0.3 is 0 Å². The highest BCUT2D eigenvalue weighted by molar-refractivity contribution is 7.93. The lowest BCUT2D eigenvalue weighted by atomic mass is 10.1. The summed E-state index contributed by atoms with van der Waals surface area (Å²) >= 11 is 1.18. The summed E-state index contributed by atoms with van der Waals surface area (Å²) in [5.74, 6) is -0.0982. The minimum absolute atomic E-state index is 0.0462. The van der Waals surface area contributed by atoms with Gasteiger partial charge in [-0.2, -0.15) is 0 Å². The average Bonchev–Trinajstić information content (AvgIpc) is 3.07. The van der Waals surface area contributed by atoms with Gasteiger partial charge in [0.05, 0.1) is 4.90 Å². The number of hydrogen-bond donors (Lipinski definition) is 1. The zero-order chi connectivity index (χ0) is 17.7. The highest BCUT2D eigenvalue weighted by atomic mass is 32.2. The lowest BCUT2D eigenvalue weighted by molar-refractivity contribution is -0.120. The number of benzene rings is 1. The van der Waals surface area contributed by atoms with Gasteiger partial charge in [0, 0.05) is 17.6 Å². The van der Waals surface area contributed by atoms with E-state index in [1.165, 1.54) is 29.7 Å². The van der Waals surface area contributed by atoms with E-state index in [0.29, 0.717) is 0 Å². The summed E-state index contributed by atoms with van der Waals surface area (Å²) in [4.78, 5) is 16.5. The molecule has 1 aromatic heterocycles. The third-order valence-corrected chi connectivity index (χ3v) is 6.30. The van der Waals surface area contributed by atoms with Crippen LogP contribution in [0.5, 0.6) is 0 Å². The Morgan fingerprint density at radius 2 is 1.92 bits per heavy atom. The Hall–Kier alpha value is -1.93.